The molecule has 2 aliphatic rings. The summed E-state index contributed by atoms with van der Waals surface area (Å²) in [6, 6.07) is 0.983. The molecule has 0 unspecified atom stereocenters. The molecular weight excluding hydrogens is 359 g/mol. The highest BCUT2D eigenvalue weighted by Gasteiger charge is 2.31. The topological polar surface area (TPSA) is 75.4 Å². The number of hydrogen-bond acceptors (Lipinski definition) is 3. The molecule has 2 fully saturated rings. The number of benzene rings is 1. The zero-order valence-corrected chi connectivity index (χ0v) is 15.0. The third-order valence-electron chi connectivity index (χ3n) is 5.40. The number of likely N-dealkylation sites (tertiary alicyclic amines) is 1. The molecule has 2 amide bonds. The predicted molar refractivity (Wildman–Crippen MR) is 93.0 cm³/mol. The molecule has 1 atom stereocenters. The average Bonchev–Trinajstić information content (AvgIpc) is 3.49. The van der Waals surface area contributed by atoms with Crippen LogP contribution in [0.5, 0.6) is 0 Å². The normalized spacial score (nSPS) is 19.0. The highest BCUT2D eigenvalue weighted by molar-refractivity contribution is 5.86. The van der Waals surface area contributed by atoms with Crippen LogP contribution in [0.4, 0.5) is 13.2 Å². The van der Waals surface area contributed by atoms with Gasteiger partial charge in [-0.1, -0.05) is 0 Å². The second-order valence-corrected chi connectivity index (χ2v) is 7.44. The summed E-state index contributed by atoms with van der Waals surface area (Å²) in [6.07, 6.45) is 3.19. The second kappa shape index (κ2) is 8.29. The number of rotatable bonds is 6. The van der Waals surface area contributed by atoms with Crippen molar-refractivity contribution in [2.45, 2.75) is 38.1 Å². The zero-order valence-electron chi connectivity index (χ0n) is 15.0. The summed E-state index contributed by atoms with van der Waals surface area (Å²) in [5.74, 6) is -3.17. The van der Waals surface area contributed by atoms with E-state index in [1.165, 1.54) is 0 Å². The van der Waals surface area contributed by atoms with Crippen LogP contribution in [0, 0.1) is 29.3 Å². The molecule has 148 valence electrons. The first-order chi connectivity index (χ1) is 12.8. The summed E-state index contributed by atoms with van der Waals surface area (Å²) < 4.78 is 40.1. The minimum atomic E-state index is -1.22. The summed E-state index contributed by atoms with van der Waals surface area (Å²) in [6.45, 7) is 1.03. The van der Waals surface area contributed by atoms with Gasteiger partial charge in [0.15, 0.2) is 11.6 Å². The Hall–Kier alpha value is -2.09. The maximum Gasteiger partial charge on any atom is 0.241 e. The number of nitrogens with zero attached hydrogens (tertiary/aromatic N) is 1. The first-order valence-electron chi connectivity index (χ1n) is 9.29. The number of nitrogens with one attached hydrogen (secondary N) is 1. The maximum absolute atomic E-state index is 13.8. The van der Waals surface area contributed by atoms with E-state index in [0.29, 0.717) is 32.0 Å². The van der Waals surface area contributed by atoms with E-state index in [-0.39, 0.29) is 42.2 Å². The molecule has 8 heteroatoms. The lowest BCUT2D eigenvalue weighted by Crippen LogP contribution is -2.47. The molecule has 0 spiro atoms. The molecule has 3 N–H and O–H groups in total. The van der Waals surface area contributed by atoms with Gasteiger partial charge in [-0.25, -0.2) is 13.2 Å². The first kappa shape index (κ1) is 19.7. The number of carbonyl (C=O) groups is 2. The summed E-state index contributed by atoms with van der Waals surface area (Å²) >= 11 is 0. The molecule has 27 heavy (non-hydrogen) atoms. The first-order valence-corrected chi connectivity index (χ1v) is 9.29. The molecule has 1 aromatic carbocycles. The third kappa shape index (κ3) is 5.00. The van der Waals surface area contributed by atoms with E-state index in [0.717, 1.165) is 18.9 Å². The van der Waals surface area contributed by atoms with Gasteiger partial charge in [-0.3, -0.25) is 9.59 Å². The van der Waals surface area contributed by atoms with Gasteiger partial charge in [0.05, 0.1) is 6.54 Å². The Morgan fingerprint density at radius 2 is 1.70 bits per heavy atom. The number of halogens is 3. The predicted octanol–water partition coefficient (Wildman–Crippen LogP) is 1.74. The monoisotopic (exact) mass is 383 g/mol. The van der Waals surface area contributed by atoms with Gasteiger partial charge < -0.3 is 16.0 Å². The Kier molecular flexibility index (Phi) is 6.04. The van der Waals surface area contributed by atoms with Crippen molar-refractivity contribution < 1.29 is 22.8 Å². The number of hydrogen-bond donors (Lipinski definition) is 2. The average molecular weight is 383 g/mol. The summed E-state index contributed by atoms with van der Waals surface area (Å²) in [5, 5.41) is 2.66. The Balaban J connectivity index is 1.46. The molecule has 1 heterocycles. The van der Waals surface area contributed by atoms with Crippen molar-refractivity contribution in [1.29, 1.82) is 0 Å². The molecule has 1 aromatic rings. The lowest BCUT2D eigenvalue weighted by molar-refractivity contribution is -0.134. The Labute approximate surface area is 156 Å². The maximum atomic E-state index is 13.8. The smallest absolute Gasteiger partial charge is 0.241 e. The minimum absolute atomic E-state index is 0.00607. The van der Waals surface area contributed by atoms with Crippen LogP contribution in [0.15, 0.2) is 12.1 Å². The van der Waals surface area contributed by atoms with E-state index < -0.39 is 23.5 Å². The fourth-order valence-electron chi connectivity index (χ4n) is 3.48. The van der Waals surface area contributed by atoms with E-state index in [1.54, 1.807) is 4.90 Å². The fourth-order valence-corrected chi connectivity index (χ4v) is 3.48. The van der Waals surface area contributed by atoms with Gasteiger partial charge in [-0.05, 0) is 49.7 Å². The van der Waals surface area contributed by atoms with Crippen molar-refractivity contribution in [2.75, 3.05) is 19.6 Å². The minimum Gasteiger partial charge on any atom is -0.347 e. The molecule has 1 saturated carbocycles. The van der Waals surface area contributed by atoms with Gasteiger partial charge in [0, 0.05) is 31.1 Å². The third-order valence-corrected chi connectivity index (χ3v) is 5.40. The molecule has 1 aliphatic carbocycles. The van der Waals surface area contributed by atoms with E-state index in [9.17, 15) is 22.8 Å². The SMILES string of the molecule is N[C@H](Cc1cc(F)c(F)cc1F)C1CCN(C(=O)CNC(=O)C2CC2)CC1. The van der Waals surface area contributed by atoms with Crippen molar-refractivity contribution in [3.8, 4) is 0 Å². The van der Waals surface area contributed by atoms with Crippen LogP contribution in [-0.4, -0.2) is 42.4 Å². The number of amides is 2. The molecule has 0 bridgehead atoms. The quantitative estimate of drug-likeness (QED) is 0.735. The Morgan fingerprint density at radius 3 is 2.33 bits per heavy atom. The number of piperidine rings is 1. The van der Waals surface area contributed by atoms with E-state index in [1.807, 2.05) is 0 Å². The molecular formula is C19H24F3N3O2. The van der Waals surface area contributed by atoms with Crippen LogP contribution in [0.25, 0.3) is 0 Å². The van der Waals surface area contributed by atoms with Gasteiger partial charge in [0.25, 0.3) is 0 Å². The lowest BCUT2D eigenvalue weighted by atomic mass is 9.86. The van der Waals surface area contributed by atoms with Crippen LogP contribution in [0.3, 0.4) is 0 Å². The summed E-state index contributed by atoms with van der Waals surface area (Å²) in [7, 11) is 0. The van der Waals surface area contributed by atoms with E-state index >= 15 is 0 Å². The van der Waals surface area contributed by atoms with Crippen molar-refractivity contribution in [3.63, 3.8) is 0 Å². The van der Waals surface area contributed by atoms with Crippen LogP contribution in [0.1, 0.15) is 31.2 Å². The molecule has 0 aromatic heterocycles. The lowest BCUT2D eigenvalue weighted by Gasteiger charge is -2.35. The van der Waals surface area contributed by atoms with Crippen molar-refractivity contribution in [2.24, 2.45) is 17.6 Å². The number of nitrogens with two attached hydrogens (primary N) is 1. The highest BCUT2D eigenvalue weighted by Crippen LogP contribution is 2.28. The van der Waals surface area contributed by atoms with Gasteiger partial charge in [0.2, 0.25) is 11.8 Å². The second-order valence-electron chi connectivity index (χ2n) is 7.44. The van der Waals surface area contributed by atoms with Crippen LogP contribution in [-0.2, 0) is 16.0 Å². The summed E-state index contributed by atoms with van der Waals surface area (Å²) in [5.41, 5.74) is 6.21. The standard InChI is InChI=1S/C19H24F3N3O2/c20-14-9-16(22)15(21)7-13(14)8-17(23)11-3-5-25(6-4-11)18(26)10-24-19(27)12-1-2-12/h7,9,11-12,17H,1-6,8,10,23H2,(H,24,27)/t17-/m1/s1. The van der Waals surface area contributed by atoms with Gasteiger partial charge in [-0.2, -0.15) is 0 Å². The van der Waals surface area contributed by atoms with Crippen LogP contribution < -0.4 is 11.1 Å². The van der Waals surface area contributed by atoms with E-state index in [4.69, 9.17) is 5.73 Å². The van der Waals surface area contributed by atoms with Gasteiger partial charge in [-0.15, -0.1) is 0 Å². The molecule has 0 radical (unpaired) electrons. The molecule has 1 saturated heterocycles. The van der Waals surface area contributed by atoms with Crippen molar-refractivity contribution >= 4 is 11.8 Å². The highest BCUT2D eigenvalue weighted by atomic mass is 19.2. The van der Waals surface area contributed by atoms with Crippen molar-refractivity contribution in [3.05, 3.63) is 35.1 Å². The molecule has 3 rings (SSSR count). The van der Waals surface area contributed by atoms with E-state index in [2.05, 4.69) is 5.32 Å². The van der Waals surface area contributed by atoms with Gasteiger partial charge in [0.1, 0.15) is 5.82 Å². The Morgan fingerprint density at radius 1 is 1.07 bits per heavy atom. The van der Waals surface area contributed by atoms with Gasteiger partial charge >= 0.3 is 0 Å². The fraction of sp³-hybridized carbons (Fsp3) is 0.579. The molecule has 5 nitrogen and oxygen atoms in total. The molecule has 1 aliphatic heterocycles. The van der Waals surface area contributed by atoms with Crippen LogP contribution in [0.2, 0.25) is 0 Å². The largest absolute Gasteiger partial charge is 0.347 e. The summed E-state index contributed by atoms with van der Waals surface area (Å²) in [4.78, 5) is 25.5. The zero-order chi connectivity index (χ0) is 19.6. The van der Waals surface area contributed by atoms with Crippen LogP contribution >= 0.6 is 0 Å². The Bertz CT molecular complexity index is 716. The number of carbonyl (C=O) groups excluding carboxylic acids is 2. The van der Waals surface area contributed by atoms with Crippen molar-refractivity contribution in [1.82, 2.24) is 10.2 Å².